The first-order chi connectivity index (χ1) is 10.6. The van der Waals surface area contributed by atoms with Crippen molar-refractivity contribution in [3.63, 3.8) is 0 Å². The zero-order chi connectivity index (χ0) is 15.3. The topological polar surface area (TPSA) is 55.2 Å². The van der Waals surface area contributed by atoms with Gasteiger partial charge in [-0.25, -0.2) is 9.37 Å². The van der Waals surface area contributed by atoms with Crippen LogP contribution in [0.15, 0.2) is 29.3 Å². The molecule has 0 bridgehead atoms. The largest absolute Gasteiger partial charge is 0.339 e. The molecule has 2 heterocycles. The Morgan fingerprint density at radius 2 is 2.09 bits per heavy atom. The van der Waals surface area contributed by atoms with Gasteiger partial charge in [0.2, 0.25) is 5.91 Å². The number of hydrogen-bond acceptors (Lipinski definition) is 3. The number of para-hydroxylation sites is 1. The Hall–Kier alpha value is -2.24. The van der Waals surface area contributed by atoms with Crippen LogP contribution in [0, 0.1) is 11.7 Å². The van der Waals surface area contributed by atoms with Gasteiger partial charge in [0.05, 0.1) is 11.7 Å². The minimum atomic E-state index is -0.488. The fourth-order valence-corrected chi connectivity index (χ4v) is 3.23. The van der Waals surface area contributed by atoms with Gasteiger partial charge in [-0.3, -0.25) is 14.2 Å². The number of likely N-dealkylation sites (tertiary alicyclic amines) is 1. The summed E-state index contributed by atoms with van der Waals surface area (Å²) in [5.41, 5.74) is -0.146. The van der Waals surface area contributed by atoms with E-state index in [-0.39, 0.29) is 28.3 Å². The Bertz CT molecular complexity index is 813. The summed E-state index contributed by atoms with van der Waals surface area (Å²) in [5, 5.41) is 0.283. The molecule has 0 spiro atoms. The third-order valence-corrected chi connectivity index (χ3v) is 4.49. The third-order valence-electron chi connectivity index (χ3n) is 4.49. The average Bonchev–Trinajstić information content (AvgIpc) is 3.27. The predicted octanol–water partition coefficient (Wildman–Crippen LogP) is 1.55. The SMILES string of the molecule is O=C1C[C@H](Cn2cnc3c(F)cccc3c2=O)CN1C1CC1. The molecule has 1 aliphatic carbocycles. The summed E-state index contributed by atoms with van der Waals surface area (Å²) in [7, 11) is 0. The molecule has 1 aliphatic heterocycles. The molecule has 4 rings (SSSR count). The predicted molar refractivity (Wildman–Crippen MR) is 78.8 cm³/mol. The molecule has 1 saturated carbocycles. The number of amides is 1. The highest BCUT2D eigenvalue weighted by Crippen LogP contribution is 2.32. The van der Waals surface area contributed by atoms with Gasteiger partial charge in [0.1, 0.15) is 11.3 Å². The zero-order valence-electron chi connectivity index (χ0n) is 12.0. The molecule has 0 N–H and O–H groups in total. The van der Waals surface area contributed by atoms with E-state index in [2.05, 4.69) is 4.98 Å². The van der Waals surface area contributed by atoms with Gasteiger partial charge in [0.15, 0.2) is 0 Å². The Morgan fingerprint density at radius 3 is 2.86 bits per heavy atom. The molecule has 0 radical (unpaired) electrons. The quantitative estimate of drug-likeness (QED) is 0.864. The van der Waals surface area contributed by atoms with E-state index in [9.17, 15) is 14.0 Å². The second kappa shape index (κ2) is 4.90. The Balaban J connectivity index is 1.61. The molecule has 6 heteroatoms. The van der Waals surface area contributed by atoms with Crippen LogP contribution in [0.25, 0.3) is 10.9 Å². The summed E-state index contributed by atoms with van der Waals surface area (Å²) >= 11 is 0. The van der Waals surface area contributed by atoms with Crippen LogP contribution in [0.4, 0.5) is 4.39 Å². The number of aromatic nitrogens is 2. The number of carbonyl (C=O) groups is 1. The number of carbonyl (C=O) groups excluding carboxylic acids is 1. The molecule has 1 aromatic heterocycles. The van der Waals surface area contributed by atoms with Gasteiger partial charge in [-0.2, -0.15) is 0 Å². The summed E-state index contributed by atoms with van der Waals surface area (Å²) in [6, 6.07) is 4.81. The molecular formula is C16H16FN3O2. The summed E-state index contributed by atoms with van der Waals surface area (Å²) in [6.07, 6.45) is 4.05. The molecule has 114 valence electrons. The van der Waals surface area contributed by atoms with Gasteiger partial charge in [0, 0.05) is 31.5 Å². The number of benzene rings is 1. The lowest BCUT2D eigenvalue weighted by molar-refractivity contribution is -0.128. The number of nitrogens with zero attached hydrogens (tertiary/aromatic N) is 3. The summed E-state index contributed by atoms with van der Waals surface area (Å²) in [6.45, 7) is 1.16. The minimum Gasteiger partial charge on any atom is -0.339 e. The van der Waals surface area contributed by atoms with Crippen LogP contribution in [-0.4, -0.2) is 32.9 Å². The maximum Gasteiger partial charge on any atom is 0.261 e. The van der Waals surface area contributed by atoms with Gasteiger partial charge in [0.25, 0.3) is 5.56 Å². The standard InChI is InChI=1S/C16H16FN3O2/c17-13-3-1-2-12-15(13)18-9-19(16(12)22)7-10-6-14(21)20(8-10)11-4-5-11/h1-3,9-11H,4-8H2/t10-/m1/s1. The smallest absolute Gasteiger partial charge is 0.261 e. The molecule has 2 fully saturated rings. The van der Waals surface area contributed by atoms with Crippen molar-refractivity contribution >= 4 is 16.8 Å². The fraction of sp³-hybridized carbons (Fsp3) is 0.438. The van der Waals surface area contributed by atoms with E-state index in [0.29, 0.717) is 25.6 Å². The summed E-state index contributed by atoms with van der Waals surface area (Å²) in [4.78, 5) is 30.4. The normalized spacial score (nSPS) is 21.8. The van der Waals surface area contributed by atoms with Crippen LogP contribution >= 0.6 is 0 Å². The number of rotatable bonds is 3. The maximum absolute atomic E-state index is 13.6. The Kier molecular flexibility index (Phi) is 2.99. The fourth-order valence-electron chi connectivity index (χ4n) is 3.23. The van der Waals surface area contributed by atoms with E-state index in [1.807, 2.05) is 4.90 Å². The van der Waals surface area contributed by atoms with E-state index in [1.54, 1.807) is 6.07 Å². The van der Waals surface area contributed by atoms with E-state index in [4.69, 9.17) is 0 Å². The second-order valence-corrected chi connectivity index (χ2v) is 6.19. The van der Waals surface area contributed by atoms with Crippen LogP contribution in [0.1, 0.15) is 19.3 Å². The average molecular weight is 301 g/mol. The minimum absolute atomic E-state index is 0.103. The van der Waals surface area contributed by atoms with Crippen LogP contribution < -0.4 is 5.56 Å². The van der Waals surface area contributed by atoms with Crippen molar-refractivity contribution in [2.45, 2.75) is 31.8 Å². The maximum atomic E-state index is 13.6. The highest BCUT2D eigenvalue weighted by atomic mass is 19.1. The summed E-state index contributed by atoms with van der Waals surface area (Å²) in [5.74, 6) is -0.184. The van der Waals surface area contributed by atoms with Crippen molar-refractivity contribution < 1.29 is 9.18 Å². The van der Waals surface area contributed by atoms with Crippen molar-refractivity contribution in [1.82, 2.24) is 14.5 Å². The first-order valence-electron chi connectivity index (χ1n) is 7.56. The van der Waals surface area contributed by atoms with Gasteiger partial charge in [-0.05, 0) is 25.0 Å². The second-order valence-electron chi connectivity index (χ2n) is 6.19. The third kappa shape index (κ3) is 2.19. The van der Waals surface area contributed by atoms with Gasteiger partial charge in [-0.1, -0.05) is 6.07 Å². The first-order valence-corrected chi connectivity index (χ1v) is 7.56. The van der Waals surface area contributed by atoms with Crippen molar-refractivity contribution in [2.24, 2.45) is 5.92 Å². The lowest BCUT2D eigenvalue weighted by Crippen LogP contribution is -2.29. The van der Waals surface area contributed by atoms with E-state index in [0.717, 1.165) is 12.8 Å². The molecule has 1 amide bonds. The van der Waals surface area contributed by atoms with Gasteiger partial charge >= 0.3 is 0 Å². The lowest BCUT2D eigenvalue weighted by Gasteiger charge is -2.16. The number of halogens is 1. The molecule has 2 aromatic rings. The van der Waals surface area contributed by atoms with Crippen molar-refractivity contribution in [1.29, 1.82) is 0 Å². The molecule has 0 unspecified atom stereocenters. The molecule has 2 aliphatic rings. The van der Waals surface area contributed by atoms with E-state index < -0.39 is 5.82 Å². The lowest BCUT2D eigenvalue weighted by atomic mass is 10.1. The Labute approximate surface area is 126 Å². The van der Waals surface area contributed by atoms with Crippen LogP contribution in [0.5, 0.6) is 0 Å². The van der Waals surface area contributed by atoms with Crippen LogP contribution in [0.3, 0.4) is 0 Å². The monoisotopic (exact) mass is 301 g/mol. The van der Waals surface area contributed by atoms with Crippen molar-refractivity contribution in [3.05, 3.63) is 40.7 Å². The van der Waals surface area contributed by atoms with Gasteiger partial charge in [-0.15, -0.1) is 0 Å². The van der Waals surface area contributed by atoms with Crippen LogP contribution in [-0.2, 0) is 11.3 Å². The first kappa shape index (κ1) is 13.4. The Morgan fingerprint density at radius 1 is 1.27 bits per heavy atom. The van der Waals surface area contributed by atoms with E-state index >= 15 is 0 Å². The van der Waals surface area contributed by atoms with E-state index in [1.165, 1.54) is 23.0 Å². The van der Waals surface area contributed by atoms with Crippen molar-refractivity contribution in [2.75, 3.05) is 6.54 Å². The summed E-state index contributed by atoms with van der Waals surface area (Å²) < 4.78 is 15.1. The zero-order valence-corrected chi connectivity index (χ0v) is 12.0. The highest BCUT2D eigenvalue weighted by molar-refractivity contribution is 5.79. The van der Waals surface area contributed by atoms with Crippen LogP contribution in [0.2, 0.25) is 0 Å². The molecule has 22 heavy (non-hydrogen) atoms. The van der Waals surface area contributed by atoms with Crippen molar-refractivity contribution in [3.8, 4) is 0 Å². The molecule has 1 aromatic carbocycles. The number of fused-ring (bicyclic) bond motifs is 1. The molecule has 1 atom stereocenters. The molecule has 1 saturated heterocycles. The van der Waals surface area contributed by atoms with Gasteiger partial charge < -0.3 is 4.90 Å². The molecular weight excluding hydrogens is 285 g/mol. The highest BCUT2D eigenvalue weighted by Gasteiger charge is 2.39. The number of hydrogen-bond donors (Lipinski definition) is 0. The molecule has 5 nitrogen and oxygen atoms in total.